The first-order chi connectivity index (χ1) is 10.7. The van der Waals surface area contributed by atoms with E-state index in [9.17, 15) is 4.79 Å². The number of carbonyl (C=O) groups is 1. The van der Waals surface area contributed by atoms with Crippen LogP contribution in [0.1, 0.15) is 0 Å². The summed E-state index contributed by atoms with van der Waals surface area (Å²) in [6, 6.07) is 6.90. The summed E-state index contributed by atoms with van der Waals surface area (Å²) < 4.78 is 5.36. The van der Waals surface area contributed by atoms with E-state index in [-0.39, 0.29) is 0 Å². The van der Waals surface area contributed by atoms with Gasteiger partial charge in [-0.2, -0.15) is 0 Å². The van der Waals surface area contributed by atoms with Crippen LogP contribution in [0.15, 0.2) is 36.7 Å². The number of nitrogens with two attached hydrogens (primary N) is 1. The van der Waals surface area contributed by atoms with Gasteiger partial charge in [-0.25, -0.2) is 14.8 Å². The minimum absolute atomic E-state index is 0.541. The molecule has 1 saturated heterocycles. The number of nitrogens with zero attached hydrogens (tertiary/aromatic N) is 3. The van der Waals surface area contributed by atoms with E-state index in [2.05, 4.69) is 20.2 Å². The highest BCUT2D eigenvalue weighted by atomic mass is 16.5. The zero-order valence-corrected chi connectivity index (χ0v) is 12.0. The lowest BCUT2D eigenvalue weighted by molar-refractivity contribution is 0.122. The van der Waals surface area contributed by atoms with Crippen molar-refractivity contribution in [1.82, 2.24) is 9.97 Å². The molecule has 0 unspecified atom stereocenters. The number of benzene rings is 1. The molecule has 2 heterocycles. The van der Waals surface area contributed by atoms with Crippen molar-refractivity contribution in [2.45, 2.75) is 0 Å². The summed E-state index contributed by atoms with van der Waals surface area (Å²) >= 11 is 0. The summed E-state index contributed by atoms with van der Waals surface area (Å²) in [7, 11) is 0. The van der Waals surface area contributed by atoms with Gasteiger partial charge in [0.05, 0.1) is 18.9 Å². The molecule has 114 valence electrons. The standard InChI is InChI=1S/C15H17N5O2/c16-15(21)19-13-10-11(20-6-8-22-9-7-20)2-3-12(13)14-17-4-1-5-18-14/h1-5,10H,6-9H2,(H3,16,19,21). The van der Waals surface area contributed by atoms with Gasteiger partial charge in [0.2, 0.25) is 0 Å². The lowest BCUT2D eigenvalue weighted by Gasteiger charge is -2.29. The van der Waals surface area contributed by atoms with Crippen molar-refractivity contribution >= 4 is 17.4 Å². The molecule has 7 heteroatoms. The number of nitrogens with one attached hydrogen (secondary N) is 1. The zero-order chi connectivity index (χ0) is 15.4. The third-order valence-corrected chi connectivity index (χ3v) is 3.44. The molecule has 1 fully saturated rings. The fourth-order valence-corrected chi connectivity index (χ4v) is 2.42. The lowest BCUT2D eigenvalue weighted by Crippen LogP contribution is -2.36. The zero-order valence-electron chi connectivity index (χ0n) is 12.0. The number of amides is 2. The molecule has 7 nitrogen and oxygen atoms in total. The van der Waals surface area contributed by atoms with Crippen molar-refractivity contribution in [2.24, 2.45) is 5.73 Å². The first-order valence-corrected chi connectivity index (χ1v) is 7.04. The van der Waals surface area contributed by atoms with Crippen LogP contribution in [0.4, 0.5) is 16.2 Å². The van der Waals surface area contributed by atoms with Crippen LogP contribution < -0.4 is 16.0 Å². The second-order valence-electron chi connectivity index (χ2n) is 4.89. The van der Waals surface area contributed by atoms with E-state index in [1.54, 1.807) is 18.5 Å². The molecular formula is C15H17N5O2. The Bertz CT molecular complexity index is 656. The van der Waals surface area contributed by atoms with E-state index in [1.165, 1.54) is 0 Å². The number of primary amides is 1. The van der Waals surface area contributed by atoms with E-state index in [0.717, 1.165) is 24.3 Å². The fourth-order valence-electron chi connectivity index (χ4n) is 2.42. The Morgan fingerprint density at radius 2 is 1.95 bits per heavy atom. The van der Waals surface area contributed by atoms with E-state index in [1.807, 2.05) is 18.2 Å². The van der Waals surface area contributed by atoms with E-state index in [4.69, 9.17) is 10.5 Å². The van der Waals surface area contributed by atoms with Gasteiger partial charge in [-0.1, -0.05) is 0 Å². The van der Waals surface area contributed by atoms with Crippen molar-refractivity contribution in [3.05, 3.63) is 36.7 Å². The van der Waals surface area contributed by atoms with Gasteiger partial charge in [0.1, 0.15) is 0 Å². The van der Waals surface area contributed by atoms with Crippen LogP contribution in [-0.2, 0) is 4.74 Å². The van der Waals surface area contributed by atoms with Gasteiger partial charge in [-0.3, -0.25) is 0 Å². The van der Waals surface area contributed by atoms with Gasteiger partial charge in [0, 0.05) is 36.7 Å². The molecular weight excluding hydrogens is 282 g/mol. The molecule has 1 aliphatic heterocycles. The average Bonchev–Trinajstić information content (AvgIpc) is 2.56. The molecule has 0 bridgehead atoms. The number of hydrogen-bond donors (Lipinski definition) is 2. The van der Waals surface area contributed by atoms with E-state index in [0.29, 0.717) is 24.7 Å². The second-order valence-corrected chi connectivity index (χ2v) is 4.89. The number of urea groups is 1. The number of ether oxygens (including phenoxy) is 1. The quantitative estimate of drug-likeness (QED) is 0.895. The molecule has 22 heavy (non-hydrogen) atoms. The number of morpholine rings is 1. The van der Waals surface area contributed by atoms with Crippen molar-refractivity contribution in [3.8, 4) is 11.4 Å². The highest BCUT2D eigenvalue weighted by Crippen LogP contribution is 2.30. The predicted octanol–water partition coefficient (Wildman–Crippen LogP) is 1.47. The normalized spacial score (nSPS) is 14.6. The number of aromatic nitrogens is 2. The summed E-state index contributed by atoms with van der Waals surface area (Å²) in [6.45, 7) is 3.03. The van der Waals surface area contributed by atoms with Crippen LogP contribution in [0.25, 0.3) is 11.4 Å². The van der Waals surface area contributed by atoms with Crippen molar-refractivity contribution in [1.29, 1.82) is 0 Å². The van der Waals surface area contributed by atoms with Crippen LogP contribution in [0.5, 0.6) is 0 Å². The predicted molar refractivity (Wildman–Crippen MR) is 83.7 cm³/mol. The maximum Gasteiger partial charge on any atom is 0.316 e. The highest BCUT2D eigenvalue weighted by molar-refractivity contribution is 5.93. The van der Waals surface area contributed by atoms with Gasteiger partial charge in [0.25, 0.3) is 0 Å². The molecule has 1 aromatic carbocycles. The molecule has 0 aliphatic carbocycles. The maximum absolute atomic E-state index is 11.3. The summed E-state index contributed by atoms with van der Waals surface area (Å²) in [5.41, 5.74) is 7.61. The van der Waals surface area contributed by atoms with Gasteiger partial charge in [-0.05, 0) is 24.3 Å². The molecule has 0 spiro atoms. The summed E-state index contributed by atoms with van der Waals surface area (Å²) in [5, 5.41) is 2.65. The summed E-state index contributed by atoms with van der Waals surface area (Å²) in [6.07, 6.45) is 3.32. The number of anilines is 2. The minimum atomic E-state index is -0.615. The molecule has 2 amide bonds. The Hall–Kier alpha value is -2.67. The Morgan fingerprint density at radius 1 is 1.23 bits per heavy atom. The Balaban J connectivity index is 1.97. The maximum atomic E-state index is 11.3. The fraction of sp³-hybridized carbons (Fsp3) is 0.267. The average molecular weight is 299 g/mol. The third kappa shape index (κ3) is 3.15. The number of hydrogen-bond acceptors (Lipinski definition) is 5. The molecule has 1 aliphatic rings. The number of carbonyl (C=O) groups excluding carboxylic acids is 1. The van der Waals surface area contributed by atoms with Gasteiger partial charge >= 0.3 is 6.03 Å². The number of rotatable bonds is 3. The largest absolute Gasteiger partial charge is 0.378 e. The molecule has 2 aromatic rings. The Morgan fingerprint density at radius 3 is 2.64 bits per heavy atom. The molecule has 1 aromatic heterocycles. The molecule has 0 atom stereocenters. The monoisotopic (exact) mass is 299 g/mol. The van der Waals surface area contributed by atoms with Crippen LogP contribution >= 0.6 is 0 Å². The minimum Gasteiger partial charge on any atom is -0.378 e. The summed E-state index contributed by atoms with van der Waals surface area (Å²) in [5.74, 6) is 0.541. The van der Waals surface area contributed by atoms with Crippen LogP contribution in [0.3, 0.4) is 0 Å². The summed E-state index contributed by atoms with van der Waals surface area (Å²) in [4.78, 5) is 21.9. The molecule has 0 radical (unpaired) electrons. The second kappa shape index (κ2) is 6.40. The van der Waals surface area contributed by atoms with Crippen LogP contribution in [0, 0.1) is 0 Å². The lowest BCUT2D eigenvalue weighted by atomic mass is 10.1. The first kappa shape index (κ1) is 14.3. The topological polar surface area (TPSA) is 93.4 Å². The van der Waals surface area contributed by atoms with Crippen LogP contribution in [0.2, 0.25) is 0 Å². The van der Waals surface area contributed by atoms with Gasteiger partial charge in [-0.15, -0.1) is 0 Å². The van der Waals surface area contributed by atoms with Crippen LogP contribution in [-0.4, -0.2) is 42.3 Å². The molecule has 0 saturated carbocycles. The van der Waals surface area contributed by atoms with E-state index < -0.39 is 6.03 Å². The Labute approximate surface area is 128 Å². The molecule has 3 N–H and O–H groups in total. The van der Waals surface area contributed by atoms with Gasteiger partial charge < -0.3 is 20.7 Å². The van der Waals surface area contributed by atoms with E-state index >= 15 is 0 Å². The van der Waals surface area contributed by atoms with Crippen molar-refractivity contribution < 1.29 is 9.53 Å². The third-order valence-electron chi connectivity index (χ3n) is 3.44. The Kier molecular flexibility index (Phi) is 4.15. The van der Waals surface area contributed by atoms with Gasteiger partial charge in [0.15, 0.2) is 5.82 Å². The van der Waals surface area contributed by atoms with Crippen molar-refractivity contribution in [3.63, 3.8) is 0 Å². The smallest absolute Gasteiger partial charge is 0.316 e. The first-order valence-electron chi connectivity index (χ1n) is 7.04. The van der Waals surface area contributed by atoms with Crippen molar-refractivity contribution in [2.75, 3.05) is 36.5 Å². The highest BCUT2D eigenvalue weighted by Gasteiger charge is 2.15. The SMILES string of the molecule is NC(=O)Nc1cc(N2CCOCC2)ccc1-c1ncccn1. The molecule has 3 rings (SSSR count).